The molecule has 3 nitrogen and oxygen atoms in total. The molecule has 2 N–H and O–H groups in total. The summed E-state index contributed by atoms with van der Waals surface area (Å²) in [6.07, 6.45) is 3.09. The van der Waals surface area contributed by atoms with Crippen molar-refractivity contribution in [2.24, 2.45) is 4.99 Å². The monoisotopic (exact) mass is 221 g/mol. The van der Waals surface area contributed by atoms with Crippen molar-refractivity contribution in [1.29, 1.82) is 0 Å². The predicted molar refractivity (Wildman–Crippen MR) is 59.8 cm³/mol. The van der Waals surface area contributed by atoms with E-state index in [0.29, 0.717) is 0 Å². The average molecular weight is 221 g/mol. The second kappa shape index (κ2) is 3.56. The highest BCUT2D eigenvalue weighted by Gasteiger charge is 2.30. The molecule has 3 rings (SSSR count). The smallest absolute Gasteiger partial charge is 0.201 e. The van der Waals surface area contributed by atoms with Crippen molar-refractivity contribution in [3.05, 3.63) is 33.8 Å². The molecular weight excluding hydrogens is 208 g/mol. The Morgan fingerprint density at radius 3 is 3.33 bits per heavy atom. The maximum absolute atomic E-state index is 5.83. The first-order chi connectivity index (χ1) is 7.34. The first-order valence-electron chi connectivity index (χ1n) is 5.11. The van der Waals surface area contributed by atoms with E-state index in [-0.39, 0.29) is 6.10 Å². The normalized spacial score (nSPS) is 24.7. The van der Waals surface area contributed by atoms with Crippen molar-refractivity contribution < 1.29 is 10.1 Å². The van der Waals surface area contributed by atoms with Crippen LogP contribution in [-0.4, -0.2) is 12.4 Å². The highest BCUT2D eigenvalue weighted by atomic mass is 32.1. The lowest BCUT2D eigenvalue weighted by Crippen LogP contribution is -2.84. The van der Waals surface area contributed by atoms with E-state index in [9.17, 15) is 0 Å². The molecule has 2 aliphatic rings. The van der Waals surface area contributed by atoms with Gasteiger partial charge in [0.1, 0.15) is 0 Å². The molecule has 0 spiro atoms. The standard InChI is InChI=1S/C11H12N2OS/c1-7-12-6-9(13-7)10-11-8(2-4-14-10)3-5-15-11/h3,5-6,10H,2,4H2,1H3,(H,12,13)/p+1. The number of thiophene rings is 1. The van der Waals surface area contributed by atoms with Gasteiger partial charge >= 0.3 is 0 Å². The molecule has 0 fully saturated rings. The van der Waals surface area contributed by atoms with Gasteiger partial charge in [-0.1, -0.05) is 0 Å². The lowest BCUT2D eigenvalue weighted by atomic mass is 10.1. The number of aliphatic imine (C=N–C) groups is 1. The van der Waals surface area contributed by atoms with Crippen LogP contribution in [0.25, 0.3) is 0 Å². The second-order valence-electron chi connectivity index (χ2n) is 3.85. The van der Waals surface area contributed by atoms with Gasteiger partial charge in [0.15, 0.2) is 11.8 Å². The van der Waals surface area contributed by atoms with Crippen molar-refractivity contribution in [1.82, 2.24) is 0 Å². The van der Waals surface area contributed by atoms with Crippen LogP contribution in [0, 0.1) is 0 Å². The number of hydrogen-bond donors (Lipinski definition) is 1. The third kappa shape index (κ3) is 1.55. The summed E-state index contributed by atoms with van der Waals surface area (Å²) in [6.45, 7) is 2.83. The van der Waals surface area contributed by atoms with E-state index < -0.39 is 0 Å². The maximum Gasteiger partial charge on any atom is 0.201 e. The van der Waals surface area contributed by atoms with E-state index >= 15 is 0 Å². The Labute approximate surface area is 92.5 Å². The number of hydrogen-bond acceptors (Lipinski definition) is 3. The Balaban J connectivity index is 1.91. The van der Waals surface area contributed by atoms with Gasteiger partial charge in [-0.2, -0.15) is 0 Å². The fraction of sp³-hybridized carbons (Fsp3) is 0.364. The lowest BCUT2D eigenvalue weighted by Gasteiger charge is -2.21. The molecule has 0 aromatic carbocycles. The van der Waals surface area contributed by atoms with E-state index in [1.54, 1.807) is 11.3 Å². The van der Waals surface area contributed by atoms with Gasteiger partial charge in [0, 0.05) is 11.8 Å². The van der Waals surface area contributed by atoms with Gasteiger partial charge < -0.3 is 4.74 Å². The summed E-state index contributed by atoms with van der Waals surface area (Å²) in [6, 6.07) is 2.21. The lowest BCUT2D eigenvalue weighted by molar-refractivity contribution is -0.492. The Bertz CT molecular complexity index is 447. The van der Waals surface area contributed by atoms with E-state index in [2.05, 4.69) is 21.8 Å². The second-order valence-corrected chi connectivity index (χ2v) is 4.80. The van der Waals surface area contributed by atoms with Gasteiger partial charge in [-0.25, -0.2) is 4.99 Å². The van der Waals surface area contributed by atoms with Gasteiger partial charge in [-0.05, 0) is 23.4 Å². The molecule has 1 aromatic heterocycles. The summed E-state index contributed by atoms with van der Waals surface area (Å²) in [4.78, 5) is 5.63. The summed E-state index contributed by atoms with van der Waals surface area (Å²) in [7, 11) is 0. The van der Waals surface area contributed by atoms with E-state index in [4.69, 9.17) is 4.74 Å². The highest BCUT2D eigenvalue weighted by Crippen LogP contribution is 2.34. The van der Waals surface area contributed by atoms with Gasteiger partial charge in [-0.3, -0.25) is 5.32 Å². The Morgan fingerprint density at radius 1 is 1.60 bits per heavy atom. The molecule has 1 aromatic rings. The predicted octanol–water partition coefficient (Wildman–Crippen LogP) is 1.20. The summed E-state index contributed by atoms with van der Waals surface area (Å²) < 4.78 is 5.83. The number of nitrogens with zero attached hydrogens (tertiary/aromatic N) is 1. The number of amidine groups is 1. The van der Waals surface area contributed by atoms with Crippen LogP contribution in [-0.2, 0) is 11.2 Å². The molecule has 1 unspecified atom stereocenters. The Hall–Kier alpha value is -0.970. The van der Waals surface area contributed by atoms with Crippen LogP contribution >= 0.6 is 11.3 Å². The Kier molecular flexibility index (Phi) is 2.20. The number of rotatable bonds is 1. The van der Waals surface area contributed by atoms with Gasteiger partial charge in [-0.15, -0.1) is 11.3 Å². The zero-order valence-electron chi connectivity index (χ0n) is 8.56. The SMILES string of the molecule is CC1=NC=C(C2OCCc3ccsc32)[NH2+]1. The molecular formula is C11H13N2OS+. The fourth-order valence-corrected chi connectivity index (χ4v) is 3.06. The molecule has 0 radical (unpaired) electrons. The minimum Gasteiger partial charge on any atom is -0.362 e. The number of quaternary nitrogens is 1. The van der Waals surface area contributed by atoms with Crippen molar-refractivity contribution >= 4 is 17.2 Å². The number of nitrogens with two attached hydrogens (primary N) is 1. The summed E-state index contributed by atoms with van der Waals surface area (Å²) in [5.41, 5.74) is 2.63. The number of ether oxygens (including phenoxy) is 1. The molecule has 4 heteroatoms. The first-order valence-corrected chi connectivity index (χ1v) is 5.99. The van der Waals surface area contributed by atoms with Crippen LogP contribution in [0.3, 0.4) is 0 Å². The molecule has 0 bridgehead atoms. The van der Waals surface area contributed by atoms with Crippen molar-refractivity contribution in [3.63, 3.8) is 0 Å². The molecule has 0 aliphatic carbocycles. The zero-order chi connectivity index (χ0) is 10.3. The van der Waals surface area contributed by atoms with Gasteiger partial charge in [0.2, 0.25) is 5.84 Å². The van der Waals surface area contributed by atoms with Crippen LogP contribution in [0.1, 0.15) is 23.5 Å². The molecule has 78 valence electrons. The van der Waals surface area contributed by atoms with E-state index in [0.717, 1.165) is 18.9 Å². The van der Waals surface area contributed by atoms with Crippen LogP contribution < -0.4 is 5.32 Å². The quantitative estimate of drug-likeness (QED) is 0.760. The third-order valence-electron chi connectivity index (χ3n) is 2.77. The minimum absolute atomic E-state index is 0.120. The summed E-state index contributed by atoms with van der Waals surface area (Å²) >= 11 is 1.78. The molecule has 0 amide bonds. The summed E-state index contributed by atoms with van der Waals surface area (Å²) in [5, 5.41) is 4.26. The highest BCUT2D eigenvalue weighted by molar-refractivity contribution is 7.10. The van der Waals surface area contributed by atoms with E-state index in [1.165, 1.54) is 16.1 Å². The maximum atomic E-state index is 5.83. The van der Waals surface area contributed by atoms with Gasteiger partial charge in [0.25, 0.3) is 0 Å². The van der Waals surface area contributed by atoms with Crippen molar-refractivity contribution in [3.8, 4) is 0 Å². The zero-order valence-corrected chi connectivity index (χ0v) is 9.38. The molecule has 1 atom stereocenters. The molecule has 0 saturated heterocycles. The first kappa shape index (κ1) is 9.27. The molecule has 15 heavy (non-hydrogen) atoms. The minimum atomic E-state index is 0.120. The number of fused-ring (bicyclic) bond motifs is 1. The Morgan fingerprint density at radius 2 is 2.53 bits per heavy atom. The topological polar surface area (TPSA) is 38.2 Å². The van der Waals surface area contributed by atoms with Crippen LogP contribution in [0.4, 0.5) is 0 Å². The van der Waals surface area contributed by atoms with Crippen molar-refractivity contribution in [2.45, 2.75) is 19.4 Å². The van der Waals surface area contributed by atoms with Crippen LogP contribution in [0.15, 0.2) is 28.3 Å². The average Bonchev–Trinajstić information content (AvgIpc) is 2.84. The third-order valence-corrected chi connectivity index (χ3v) is 3.77. The summed E-state index contributed by atoms with van der Waals surface area (Å²) in [5.74, 6) is 1.07. The molecule has 2 aliphatic heterocycles. The van der Waals surface area contributed by atoms with Gasteiger partial charge in [0.05, 0.1) is 12.8 Å². The van der Waals surface area contributed by atoms with E-state index in [1.807, 2.05) is 13.1 Å². The van der Waals surface area contributed by atoms with Crippen LogP contribution in [0.2, 0.25) is 0 Å². The fourth-order valence-electron chi connectivity index (χ4n) is 2.03. The molecule has 0 saturated carbocycles. The molecule has 3 heterocycles. The van der Waals surface area contributed by atoms with Crippen molar-refractivity contribution in [2.75, 3.05) is 6.61 Å². The van der Waals surface area contributed by atoms with Crippen LogP contribution in [0.5, 0.6) is 0 Å². The largest absolute Gasteiger partial charge is 0.362 e.